The Morgan fingerprint density at radius 1 is 1.47 bits per heavy atom. The molecule has 3 N–H and O–H groups in total. The molecule has 0 aromatic carbocycles. The van der Waals surface area contributed by atoms with Crippen molar-refractivity contribution in [2.45, 2.75) is 18.1 Å². The highest BCUT2D eigenvalue weighted by molar-refractivity contribution is 7.89. The molecular weight excluding hydrogens is 230 g/mol. The Bertz CT molecular complexity index is 416. The van der Waals surface area contributed by atoms with Gasteiger partial charge in [-0.2, -0.15) is 0 Å². The summed E-state index contributed by atoms with van der Waals surface area (Å²) in [6.45, 7) is -0.897. The highest BCUT2D eigenvalue weighted by atomic mass is 32.2. The van der Waals surface area contributed by atoms with Gasteiger partial charge >= 0.3 is 0 Å². The normalized spacial score (nSPS) is 12.3. The number of halogens is 2. The molecule has 0 aliphatic carbocycles. The lowest BCUT2D eigenvalue weighted by molar-refractivity contribution is 0.153. The molecule has 0 spiro atoms. The fourth-order valence-electron chi connectivity index (χ4n) is 0.856. The summed E-state index contributed by atoms with van der Waals surface area (Å²) in [5.74, 6) is 0.271. The predicted molar refractivity (Wildman–Crippen MR) is 47.8 cm³/mol. The summed E-state index contributed by atoms with van der Waals surface area (Å²) in [5, 5.41) is -0.413. The van der Waals surface area contributed by atoms with Crippen molar-refractivity contribution in [3.05, 3.63) is 17.9 Å². The number of hydrogen-bond donors (Lipinski definition) is 2. The first-order chi connectivity index (χ1) is 6.95. The van der Waals surface area contributed by atoms with Crippen LogP contribution in [0.3, 0.4) is 0 Å². The molecule has 5 nitrogen and oxygen atoms in total. The van der Waals surface area contributed by atoms with Crippen molar-refractivity contribution in [1.82, 2.24) is 4.72 Å². The van der Waals surface area contributed by atoms with Crippen molar-refractivity contribution in [3.63, 3.8) is 0 Å². The van der Waals surface area contributed by atoms with Gasteiger partial charge in [0.15, 0.2) is 0 Å². The van der Waals surface area contributed by atoms with Crippen LogP contribution in [0, 0.1) is 0 Å². The maximum absolute atomic E-state index is 11.8. The average molecular weight is 240 g/mol. The van der Waals surface area contributed by atoms with E-state index in [0.29, 0.717) is 0 Å². The third-order valence-corrected chi connectivity index (χ3v) is 2.83. The van der Waals surface area contributed by atoms with Gasteiger partial charge in [0, 0.05) is 0 Å². The van der Waals surface area contributed by atoms with E-state index in [2.05, 4.69) is 0 Å². The molecule has 1 aromatic rings. The summed E-state index contributed by atoms with van der Waals surface area (Å²) >= 11 is 0. The van der Waals surface area contributed by atoms with Gasteiger partial charge in [-0.15, -0.1) is 0 Å². The molecule has 0 saturated carbocycles. The van der Waals surface area contributed by atoms with Crippen molar-refractivity contribution in [2.75, 3.05) is 6.54 Å². The lowest BCUT2D eigenvalue weighted by Gasteiger charge is -2.02. The number of rotatable bonds is 5. The Morgan fingerprint density at radius 2 is 2.13 bits per heavy atom. The molecule has 8 heteroatoms. The van der Waals surface area contributed by atoms with Crippen LogP contribution in [0.5, 0.6) is 0 Å². The Morgan fingerprint density at radius 3 is 2.60 bits per heavy atom. The van der Waals surface area contributed by atoms with Gasteiger partial charge in [-0.3, -0.25) is 0 Å². The van der Waals surface area contributed by atoms with Gasteiger partial charge < -0.3 is 10.2 Å². The monoisotopic (exact) mass is 240 g/mol. The molecule has 1 aromatic heterocycles. The molecule has 0 radical (unpaired) electrons. The van der Waals surface area contributed by atoms with Gasteiger partial charge in [-0.1, -0.05) is 0 Å². The fourth-order valence-corrected chi connectivity index (χ4v) is 1.81. The van der Waals surface area contributed by atoms with Gasteiger partial charge in [0.1, 0.15) is 5.76 Å². The Labute approximate surface area is 85.3 Å². The van der Waals surface area contributed by atoms with Crippen LogP contribution in [0.4, 0.5) is 8.78 Å². The molecule has 0 aliphatic rings. The van der Waals surface area contributed by atoms with Crippen molar-refractivity contribution in [2.24, 2.45) is 5.73 Å². The Kier molecular flexibility index (Phi) is 3.77. The first-order valence-electron chi connectivity index (χ1n) is 4.02. The van der Waals surface area contributed by atoms with Gasteiger partial charge in [0.05, 0.1) is 13.1 Å². The second-order valence-electron chi connectivity index (χ2n) is 2.67. The maximum Gasteiger partial charge on any atom is 0.274 e. The van der Waals surface area contributed by atoms with Crippen LogP contribution in [0.1, 0.15) is 5.76 Å². The molecule has 15 heavy (non-hydrogen) atoms. The van der Waals surface area contributed by atoms with E-state index in [1.54, 1.807) is 4.72 Å². The molecule has 0 fully saturated rings. The van der Waals surface area contributed by atoms with E-state index in [9.17, 15) is 17.2 Å². The number of nitrogens with two attached hydrogens (primary N) is 1. The van der Waals surface area contributed by atoms with Crippen LogP contribution in [0.2, 0.25) is 0 Å². The first-order valence-corrected chi connectivity index (χ1v) is 5.50. The third kappa shape index (κ3) is 3.26. The second-order valence-corrected chi connectivity index (χ2v) is 4.37. The SMILES string of the molecule is NCc1ccc(S(=O)(=O)NCC(F)F)o1. The molecule has 1 rings (SSSR count). The molecule has 0 atom stereocenters. The van der Waals surface area contributed by atoms with Gasteiger partial charge in [-0.05, 0) is 12.1 Å². The zero-order valence-corrected chi connectivity index (χ0v) is 8.43. The molecular formula is C7H10F2N2O3S. The van der Waals surface area contributed by atoms with Crippen molar-refractivity contribution in [1.29, 1.82) is 0 Å². The van der Waals surface area contributed by atoms with Crippen LogP contribution < -0.4 is 10.5 Å². The summed E-state index contributed by atoms with van der Waals surface area (Å²) in [6, 6.07) is 2.53. The maximum atomic E-state index is 11.8. The number of furan rings is 1. The largest absolute Gasteiger partial charge is 0.447 e. The lowest BCUT2D eigenvalue weighted by atomic mass is 10.5. The van der Waals surface area contributed by atoms with Crippen molar-refractivity contribution >= 4 is 10.0 Å². The van der Waals surface area contributed by atoms with E-state index >= 15 is 0 Å². The van der Waals surface area contributed by atoms with Crippen LogP contribution in [-0.2, 0) is 16.6 Å². The molecule has 0 amide bonds. The summed E-state index contributed by atoms with van der Waals surface area (Å²) in [7, 11) is -4.00. The van der Waals surface area contributed by atoms with Gasteiger partial charge in [0.2, 0.25) is 5.09 Å². The predicted octanol–water partition coefficient (Wildman–Crippen LogP) is 0.282. The summed E-state index contributed by atoms with van der Waals surface area (Å²) in [6.07, 6.45) is -2.75. The zero-order chi connectivity index (χ0) is 11.5. The van der Waals surface area contributed by atoms with E-state index in [1.165, 1.54) is 6.07 Å². The van der Waals surface area contributed by atoms with Gasteiger partial charge in [-0.25, -0.2) is 21.9 Å². The minimum absolute atomic E-state index is 0.0460. The molecule has 1 heterocycles. The van der Waals surface area contributed by atoms with Crippen LogP contribution >= 0.6 is 0 Å². The van der Waals surface area contributed by atoms with E-state index in [4.69, 9.17) is 10.2 Å². The lowest BCUT2D eigenvalue weighted by Crippen LogP contribution is -2.28. The molecule has 0 aliphatic heterocycles. The van der Waals surface area contributed by atoms with E-state index in [1.807, 2.05) is 0 Å². The number of hydrogen-bond acceptors (Lipinski definition) is 4. The topological polar surface area (TPSA) is 85.3 Å². The minimum Gasteiger partial charge on any atom is -0.447 e. The molecule has 0 saturated heterocycles. The summed E-state index contributed by atoms with van der Waals surface area (Å²) in [5.41, 5.74) is 5.20. The number of nitrogens with one attached hydrogen (secondary N) is 1. The average Bonchev–Trinajstić information content (AvgIpc) is 2.63. The zero-order valence-electron chi connectivity index (χ0n) is 7.61. The molecule has 0 unspecified atom stereocenters. The fraction of sp³-hybridized carbons (Fsp3) is 0.429. The number of sulfonamides is 1. The Hall–Kier alpha value is -0.990. The molecule has 0 bridgehead atoms. The minimum atomic E-state index is -4.00. The Balaban J connectivity index is 2.77. The van der Waals surface area contributed by atoms with E-state index < -0.39 is 28.1 Å². The standard InChI is InChI=1S/C7H10F2N2O3S/c8-6(9)4-11-15(12,13)7-2-1-5(3-10)14-7/h1-2,6,11H,3-4,10H2. The third-order valence-electron chi connectivity index (χ3n) is 1.53. The van der Waals surface area contributed by atoms with Crippen LogP contribution in [0.25, 0.3) is 0 Å². The quantitative estimate of drug-likeness (QED) is 0.774. The second kappa shape index (κ2) is 4.69. The van der Waals surface area contributed by atoms with Crippen LogP contribution in [-0.4, -0.2) is 21.4 Å². The first kappa shape index (κ1) is 12.1. The summed E-state index contributed by atoms with van der Waals surface area (Å²) in [4.78, 5) is 0. The highest BCUT2D eigenvalue weighted by Crippen LogP contribution is 2.13. The van der Waals surface area contributed by atoms with Crippen molar-refractivity contribution in [3.8, 4) is 0 Å². The summed E-state index contributed by atoms with van der Waals surface area (Å²) < 4.78 is 52.6. The van der Waals surface area contributed by atoms with E-state index in [-0.39, 0.29) is 12.3 Å². The van der Waals surface area contributed by atoms with E-state index in [0.717, 1.165) is 6.07 Å². The molecule has 86 valence electrons. The smallest absolute Gasteiger partial charge is 0.274 e. The van der Waals surface area contributed by atoms with Gasteiger partial charge in [0.25, 0.3) is 16.4 Å². The van der Waals surface area contributed by atoms with Crippen LogP contribution in [0.15, 0.2) is 21.6 Å². The highest BCUT2D eigenvalue weighted by Gasteiger charge is 2.19. The number of alkyl halides is 2. The van der Waals surface area contributed by atoms with Crippen molar-refractivity contribution < 1.29 is 21.6 Å².